The fourth-order valence-corrected chi connectivity index (χ4v) is 1.44. The summed E-state index contributed by atoms with van der Waals surface area (Å²) in [5, 5.41) is 0. The van der Waals surface area contributed by atoms with Gasteiger partial charge >= 0.3 is 0 Å². The van der Waals surface area contributed by atoms with Gasteiger partial charge in [-0.3, -0.25) is 4.98 Å². The van der Waals surface area contributed by atoms with E-state index in [1.807, 2.05) is 37.3 Å². The minimum absolute atomic E-state index is 0.471. The van der Waals surface area contributed by atoms with Crippen molar-refractivity contribution in [2.24, 2.45) is 0 Å². The van der Waals surface area contributed by atoms with Crippen molar-refractivity contribution in [1.29, 1.82) is 0 Å². The van der Waals surface area contributed by atoms with Crippen LogP contribution >= 0.6 is 0 Å². The number of aryl methyl sites for hydroxylation is 1. The number of hydrogen-bond acceptors (Lipinski definition) is 3. The van der Waals surface area contributed by atoms with Crippen LogP contribution in [-0.2, 0) is 6.61 Å². The molecule has 3 heteroatoms. The van der Waals surface area contributed by atoms with Gasteiger partial charge in [0.15, 0.2) is 0 Å². The Morgan fingerprint density at radius 2 is 2.06 bits per heavy atom. The highest BCUT2D eigenvalue weighted by Gasteiger charge is 2.01. The van der Waals surface area contributed by atoms with Crippen molar-refractivity contribution >= 4 is 5.69 Å². The molecule has 0 saturated carbocycles. The van der Waals surface area contributed by atoms with E-state index < -0.39 is 0 Å². The molecule has 0 spiro atoms. The molecule has 0 bridgehead atoms. The minimum Gasteiger partial charge on any atom is -0.489 e. The van der Waals surface area contributed by atoms with Crippen LogP contribution in [0.5, 0.6) is 5.75 Å². The lowest BCUT2D eigenvalue weighted by Gasteiger charge is -2.09. The smallest absolute Gasteiger partial charge is 0.122 e. The molecule has 2 N–H and O–H groups in total. The van der Waals surface area contributed by atoms with E-state index >= 15 is 0 Å². The van der Waals surface area contributed by atoms with E-state index in [1.165, 1.54) is 0 Å². The number of benzene rings is 1. The maximum Gasteiger partial charge on any atom is 0.122 e. The fraction of sp³-hybridized carbons (Fsp3) is 0.154. The summed E-state index contributed by atoms with van der Waals surface area (Å²) in [6, 6.07) is 9.78. The molecule has 2 aromatic rings. The quantitative estimate of drug-likeness (QED) is 0.854. The molecule has 0 aliphatic carbocycles. The lowest BCUT2D eigenvalue weighted by molar-refractivity contribution is 0.304. The first-order chi connectivity index (χ1) is 7.77. The number of nitrogens with zero attached hydrogens (tertiary/aromatic N) is 1. The second-order valence-electron chi connectivity index (χ2n) is 3.63. The van der Waals surface area contributed by atoms with Crippen molar-refractivity contribution in [1.82, 2.24) is 4.98 Å². The van der Waals surface area contributed by atoms with E-state index in [-0.39, 0.29) is 0 Å². The number of hydrogen-bond donors (Lipinski definition) is 1. The first-order valence-corrected chi connectivity index (χ1v) is 5.14. The van der Waals surface area contributed by atoms with Crippen LogP contribution in [-0.4, -0.2) is 4.98 Å². The summed E-state index contributed by atoms with van der Waals surface area (Å²) >= 11 is 0. The predicted molar refractivity (Wildman–Crippen MR) is 64.2 cm³/mol. The van der Waals surface area contributed by atoms with Gasteiger partial charge in [-0.2, -0.15) is 0 Å². The Morgan fingerprint density at radius 3 is 2.81 bits per heavy atom. The molecular formula is C13H14N2O. The van der Waals surface area contributed by atoms with Crippen molar-refractivity contribution < 1.29 is 4.74 Å². The molecular weight excluding hydrogens is 200 g/mol. The standard InChI is InChI=1S/C13H14N2O/c1-10-4-2-3-5-13(10)16-9-11-6-7-15-8-12(11)14/h2-8H,9,14H2,1H3. The number of aromatic nitrogens is 1. The number of pyridine rings is 1. The lowest BCUT2D eigenvalue weighted by Crippen LogP contribution is -2.01. The van der Waals surface area contributed by atoms with Gasteiger partial charge in [0.2, 0.25) is 0 Å². The third-order valence-corrected chi connectivity index (χ3v) is 2.42. The topological polar surface area (TPSA) is 48.1 Å². The average Bonchev–Trinajstić information content (AvgIpc) is 2.30. The van der Waals surface area contributed by atoms with Gasteiger partial charge in [0, 0.05) is 11.8 Å². The molecule has 1 heterocycles. The third kappa shape index (κ3) is 2.31. The monoisotopic (exact) mass is 214 g/mol. The van der Waals surface area contributed by atoms with Gasteiger partial charge in [-0.05, 0) is 24.6 Å². The van der Waals surface area contributed by atoms with Crippen LogP contribution in [0.4, 0.5) is 5.69 Å². The zero-order valence-electron chi connectivity index (χ0n) is 9.18. The van der Waals surface area contributed by atoms with E-state index in [9.17, 15) is 0 Å². The van der Waals surface area contributed by atoms with Gasteiger partial charge in [-0.15, -0.1) is 0 Å². The Bertz CT molecular complexity index is 437. The Kier molecular flexibility index (Phi) is 3.05. The second-order valence-corrected chi connectivity index (χ2v) is 3.63. The maximum absolute atomic E-state index is 5.78. The van der Waals surface area contributed by atoms with Gasteiger partial charge in [0.05, 0.1) is 11.9 Å². The summed E-state index contributed by atoms with van der Waals surface area (Å²) in [5.41, 5.74) is 8.52. The lowest BCUT2D eigenvalue weighted by atomic mass is 10.2. The number of anilines is 1. The molecule has 2 rings (SSSR count). The molecule has 0 aliphatic rings. The predicted octanol–water partition coefficient (Wildman–Crippen LogP) is 2.55. The Balaban J connectivity index is 2.09. The molecule has 0 saturated heterocycles. The van der Waals surface area contributed by atoms with E-state index in [2.05, 4.69) is 4.98 Å². The van der Waals surface area contributed by atoms with Crippen LogP contribution in [0.2, 0.25) is 0 Å². The maximum atomic E-state index is 5.78. The van der Waals surface area contributed by atoms with Crippen molar-refractivity contribution in [3.8, 4) is 5.75 Å². The molecule has 0 radical (unpaired) electrons. The van der Waals surface area contributed by atoms with E-state index in [0.717, 1.165) is 16.9 Å². The zero-order chi connectivity index (χ0) is 11.4. The molecule has 0 aliphatic heterocycles. The highest BCUT2D eigenvalue weighted by Crippen LogP contribution is 2.19. The number of ether oxygens (including phenoxy) is 1. The minimum atomic E-state index is 0.471. The number of nitrogen functional groups attached to an aromatic ring is 1. The summed E-state index contributed by atoms with van der Waals surface area (Å²) in [7, 11) is 0. The SMILES string of the molecule is Cc1ccccc1OCc1ccncc1N. The molecule has 0 atom stereocenters. The Morgan fingerprint density at radius 1 is 1.25 bits per heavy atom. The van der Waals surface area contributed by atoms with E-state index in [0.29, 0.717) is 12.3 Å². The van der Waals surface area contributed by atoms with Crippen LogP contribution in [0.3, 0.4) is 0 Å². The average molecular weight is 214 g/mol. The number of para-hydroxylation sites is 1. The molecule has 1 aromatic carbocycles. The molecule has 0 unspecified atom stereocenters. The van der Waals surface area contributed by atoms with E-state index in [1.54, 1.807) is 12.4 Å². The first kappa shape index (κ1) is 10.5. The van der Waals surface area contributed by atoms with Crippen molar-refractivity contribution in [2.75, 3.05) is 5.73 Å². The zero-order valence-corrected chi connectivity index (χ0v) is 9.18. The van der Waals surface area contributed by atoms with Gasteiger partial charge in [0.25, 0.3) is 0 Å². The number of rotatable bonds is 3. The van der Waals surface area contributed by atoms with E-state index in [4.69, 9.17) is 10.5 Å². The summed E-state index contributed by atoms with van der Waals surface area (Å²) in [4.78, 5) is 3.94. The van der Waals surface area contributed by atoms with Crippen LogP contribution in [0, 0.1) is 6.92 Å². The Hall–Kier alpha value is -2.03. The molecule has 0 amide bonds. The first-order valence-electron chi connectivity index (χ1n) is 5.14. The molecule has 82 valence electrons. The summed E-state index contributed by atoms with van der Waals surface area (Å²) in [6.07, 6.45) is 3.35. The molecule has 0 fully saturated rings. The summed E-state index contributed by atoms with van der Waals surface area (Å²) in [6.45, 7) is 2.49. The van der Waals surface area contributed by atoms with Crippen LogP contribution in [0.1, 0.15) is 11.1 Å². The van der Waals surface area contributed by atoms with Crippen LogP contribution in [0.25, 0.3) is 0 Å². The second kappa shape index (κ2) is 4.66. The van der Waals surface area contributed by atoms with Crippen molar-refractivity contribution in [3.63, 3.8) is 0 Å². The normalized spacial score (nSPS) is 10.1. The summed E-state index contributed by atoms with van der Waals surface area (Å²) < 4.78 is 5.70. The van der Waals surface area contributed by atoms with Crippen LogP contribution in [0.15, 0.2) is 42.7 Å². The van der Waals surface area contributed by atoms with Crippen LogP contribution < -0.4 is 10.5 Å². The summed E-state index contributed by atoms with van der Waals surface area (Å²) in [5.74, 6) is 0.888. The van der Waals surface area contributed by atoms with Gasteiger partial charge in [0.1, 0.15) is 12.4 Å². The third-order valence-electron chi connectivity index (χ3n) is 2.42. The largest absolute Gasteiger partial charge is 0.489 e. The van der Waals surface area contributed by atoms with Gasteiger partial charge < -0.3 is 10.5 Å². The highest BCUT2D eigenvalue weighted by molar-refractivity contribution is 5.43. The van der Waals surface area contributed by atoms with Gasteiger partial charge in [-0.1, -0.05) is 18.2 Å². The molecule has 1 aromatic heterocycles. The number of nitrogens with two attached hydrogens (primary N) is 1. The molecule has 16 heavy (non-hydrogen) atoms. The molecule has 3 nitrogen and oxygen atoms in total. The fourth-order valence-electron chi connectivity index (χ4n) is 1.44. The highest BCUT2D eigenvalue weighted by atomic mass is 16.5. The van der Waals surface area contributed by atoms with Crippen molar-refractivity contribution in [3.05, 3.63) is 53.9 Å². The van der Waals surface area contributed by atoms with Crippen molar-refractivity contribution in [2.45, 2.75) is 13.5 Å². The Labute approximate surface area is 94.9 Å². The van der Waals surface area contributed by atoms with Gasteiger partial charge in [-0.25, -0.2) is 0 Å².